The summed E-state index contributed by atoms with van der Waals surface area (Å²) in [6, 6.07) is 7.44. The Balaban J connectivity index is 2.19. The monoisotopic (exact) mass is 324 g/mol. The summed E-state index contributed by atoms with van der Waals surface area (Å²) >= 11 is 5.81. The number of nitrogen functional groups attached to an aromatic ring is 1. The van der Waals surface area contributed by atoms with Crippen LogP contribution in [0.25, 0.3) is 0 Å². The summed E-state index contributed by atoms with van der Waals surface area (Å²) in [6.45, 7) is -0.410. The van der Waals surface area contributed by atoms with E-state index < -0.39 is 23.3 Å². The number of esters is 1. The van der Waals surface area contributed by atoms with Crippen molar-refractivity contribution in [2.75, 3.05) is 5.73 Å². The Hall–Kier alpha value is -2.67. The van der Waals surface area contributed by atoms with Crippen LogP contribution in [-0.4, -0.2) is 10.9 Å². The fourth-order valence-electron chi connectivity index (χ4n) is 1.72. The molecule has 0 bridgehead atoms. The van der Waals surface area contributed by atoms with Gasteiger partial charge in [0.2, 0.25) is 0 Å². The Morgan fingerprint density at radius 1 is 1.36 bits per heavy atom. The highest BCUT2D eigenvalue weighted by Crippen LogP contribution is 2.23. The number of carbonyl (C=O) groups excluding carboxylic acids is 1. The zero-order valence-corrected chi connectivity index (χ0v) is 11.8. The van der Waals surface area contributed by atoms with Gasteiger partial charge in [-0.25, -0.2) is 9.18 Å². The van der Waals surface area contributed by atoms with Gasteiger partial charge in [-0.2, -0.15) is 0 Å². The van der Waals surface area contributed by atoms with Crippen LogP contribution in [0.4, 0.5) is 15.8 Å². The number of hydrogen-bond donors (Lipinski definition) is 1. The highest BCUT2D eigenvalue weighted by atomic mass is 35.5. The Labute approximate surface area is 129 Å². The molecule has 0 spiro atoms. The summed E-state index contributed by atoms with van der Waals surface area (Å²) in [5.41, 5.74) is 5.17. The molecule has 0 aliphatic rings. The zero-order valence-electron chi connectivity index (χ0n) is 11.1. The highest BCUT2D eigenvalue weighted by Gasteiger charge is 2.18. The molecule has 2 aromatic rings. The maximum absolute atomic E-state index is 13.6. The summed E-state index contributed by atoms with van der Waals surface area (Å²) in [6.07, 6.45) is 0. The number of ether oxygens (including phenoxy) is 1. The van der Waals surface area contributed by atoms with Crippen LogP contribution in [0.5, 0.6) is 0 Å². The molecule has 114 valence electrons. The molecule has 0 radical (unpaired) electrons. The molecule has 2 aromatic carbocycles. The number of benzene rings is 2. The molecule has 0 aliphatic carbocycles. The van der Waals surface area contributed by atoms with Crippen LogP contribution in [0.2, 0.25) is 5.02 Å². The van der Waals surface area contributed by atoms with Crippen molar-refractivity contribution in [1.82, 2.24) is 0 Å². The van der Waals surface area contributed by atoms with E-state index in [1.54, 1.807) is 0 Å². The van der Waals surface area contributed by atoms with E-state index in [1.165, 1.54) is 30.3 Å². The van der Waals surface area contributed by atoms with Gasteiger partial charge in [-0.1, -0.05) is 17.7 Å². The van der Waals surface area contributed by atoms with Crippen LogP contribution in [0.1, 0.15) is 15.9 Å². The summed E-state index contributed by atoms with van der Waals surface area (Å²) in [5.74, 6) is -1.52. The molecule has 0 saturated carbocycles. The van der Waals surface area contributed by atoms with Crippen molar-refractivity contribution in [3.8, 4) is 0 Å². The number of anilines is 1. The average molecular weight is 325 g/mol. The molecule has 22 heavy (non-hydrogen) atoms. The second-order valence-electron chi connectivity index (χ2n) is 4.31. The van der Waals surface area contributed by atoms with Crippen LogP contribution in [-0.2, 0) is 11.3 Å². The Morgan fingerprint density at radius 3 is 2.73 bits per heavy atom. The molecule has 2 rings (SSSR count). The van der Waals surface area contributed by atoms with Crippen molar-refractivity contribution in [2.24, 2.45) is 0 Å². The summed E-state index contributed by atoms with van der Waals surface area (Å²) in [5, 5.41) is 10.8. The summed E-state index contributed by atoms with van der Waals surface area (Å²) < 4.78 is 18.5. The molecule has 8 heteroatoms. The average Bonchev–Trinajstić information content (AvgIpc) is 2.46. The van der Waals surface area contributed by atoms with Crippen molar-refractivity contribution < 1.29 is 18.8 Å². The van der Waals surface area contributed by atoms with Gasteiger partial charge in [0.05, 0.1) is 15.5 Å². The lowest BCUT2D eigenvalue weighted by Gasteiger charge is -2.09. The number of nitro benzene ring substituents is 1. The third-order valence-electron chi connectivity index (χ3n) is 2.88. The highest BCUT2D eigenvalue weighted by molar-refractivity contribution is 6.31. The van der Waals surface area contributed by atoms with Gasteiger partial charge in [-0.05, 0) is 18.2 Å². The number of hydrogen-bond acceptors (Lipinski definition) is 5. The minimum atomic E-state index is -0.902. The summed E-state index contributed by atoms with van der Waals surface area (Å²) in [7, 11) is 0. The van der Waals surface area contributed by atoms with Crippen molar-refractivity contribution in [2.45, 2.75) is 6.61 Å². The van der Waals surface area contributed by atoms with E-state index in [4.69, 9.17) is 22.1 Å². The molecule has 0 aliphatic heterocycles. The Kier molecular flexibility index (Phi) is 4.57. The van der Waals surface area contributed by atoms with Crippen LogP contribution in [0.15, 0.2) is 36.4 Å². The lowest BCUT2D eigenvalue weighted by molar-refractivity contribution is -0.384. The lowest BCUT2D eigenvalue weighted by Crippen LogP contribution is -2.09. The van der Waals surface area contributed by atoms with E-state index >= 15 is 0 Å². The lowest BCUT2D eigenvalue weighted by atomic mass is 10.1. The van der Waals surface area contributed by atoms with Gasteiger partial charge in [0, 0.05) is 23.4 Å². The maximum atomic E-state index is 13.6. The number of non-ortho nitro benzene ring substituents is 1. The zero-order chi connectivity index (χ0) is 16.3. The van der Waals surface area contributed by atoms with Crippen LogP contribution >= 0.6 is 11.6 Å². The summed E-state index contributed by atoms with van der Waals surface area (Å²) in [4.78, 5) is 22.0. The number of halogens is 2. The van der Waals surface area contributed by atoms with E-state index in [2.05, 4.69) is 0 Å². The molecule has 0 unspecified atom stereocenters. The quantitative estimate of drug-likeness (QED) is 0.403. The molecule has 2 N–H and O–H groups in total. The van der Waals surface area contributed by atoms with Gasteiger partial charge >= 0.3 is 5.97 Å². The first kappa shape index (κ1) is 15.7. The Morgan fingerprint density at radius 2 is 2.09 bits per heavy atom. The van der Waals surface area contributed by atoms with Crippen molar-refractivity contribution in [3.05, 3.63) is 68.5 Å². The molecular weight excluding hydrogens is 315 g/mol. The number of carbonyl (C=O) groups is 1. The number of nitrogens with zero attached hydrogens (tertiary/aromatic N) is 1. The molecule has 6 nitrogen and oxygen atoms in total. The predicted molar refractivity (Wildman–Crippen MR) is 78.0 cm³/mol. The van der Waals surface area contributed by atoms with Crippen LogP contribution < -0.4 is 5.73 Å². The Bertz CT molecular complexity index is 731. The van der Waals surface area contributed by atoms with Gasteiger partial charge in [0.1, 0.15) is 12.4 Å². The van der Waals surface area contributed by atoms with E-state index in [0.717, 1.165) is 6.07 Å². The predicted octanol–water partition coefficient (Wildman–Crippen LogP) is 3.33. The van der Waals surface area contributed by atoms with Gasteiger partial charge < -0.3 is 10.5 Å². The maximum Gasteiger partial charge on any atom is 0.340 e. The van der Waals surface area contributed by atoms with E-state index in [0.29, 0.717) is 0 Å². The first-order valence-corrected chi connectivity index (χ1v) is 6.42. The third-order valence-corrected chi connectivity index (χ3v) is 3.23. The topological polar surface area (TPSA) is 95.5 Å². The molecular formula is C14H10ClFN2O4. The van der Waals surface area contributed by atoms with Crippen LogP contribution in [0, 0.1) is 15.9 Å². The SMILES string of the molecule is Nc1ccc([N+](=O)[O-])cc1C(=O)OCc1c(F)cccc1Cl. The number of rotatable bonds is 4. The molecule has 0 saturated heterocycles. The van der Waals surface area contributed by atoms with Crippen LogP contribution in [0.3, 0.4) is 0 Å². The molecule has 0 heterocycles. The van der Waals surface area contributed by atoms with Gasteiger partial charge in [-0.3, -0.25) is 10.1 Å². The van der Waals surface area contributed by atoms with Gasteiger partial charge in [0.25, 0.3) is 5.69 Å². The number of nitro groups is 1. The number of nitrogens with two attached hydrogens (primary N) is 1. The standard InChI is InChI=1S/C14H10ClFN2O4/c15-11-2-1-3-12(16)10(11)7-22-14(19)9-6-8(18(20)21)4-5-13(9)17/h1-6H,7,17H2. The molecule has 0 fully saturated rings. The molecule has 0 aromatic heterocycles. The van der Waals surface area contributed by atoms with E-state index in [9.17, 15) is 19.3 Å². The van der Waals surface area contributed by atoms with Crippen molar-refractivity contribution in [1.29, 1.82) is 0 Å². The smallest absolute Gasteiger partial charge is 0.340 e. The van der Waals surface area contributed by atoms with E-state index in [1.807, 2.05) is 0 Å². The molecule has 0 amide bonds. The van der Waals surface area contributed by atoms with Gasteiger partial charge in [-0.15, -0.1) is 0 Å². The molecule has 0 atom stereocenters. The largest absolute Gasteiger partial charge is 0.457 e. The fraction of sp³-hybridized carbons (Fsp3) is 0.0714. The normalized spacial score (nSPS) is 10.3. The minimum Gasteiger partial charge on any atom is -0.457 e. The third kappa shape index (κ3) is 3.32. The second-order valence-corrected chi connectivity index (χ2v) is 4.71. The second kappa shape index (κ2) is 6.40. The van der Waals surface area contributed by atoms with E-state index in [-0.39, 0.29) is 27.5 Å². The van der Waals surface area contributed by atoms with Crippen molar-refractivity contribution in [3.63, 3.8) is 0 Å². The minimum absolute atomic E-state index is 0.0153. The fourth-order valence-corrected chi connectivity index (χ4v) is 1.94. The first-order chi connectivity index (χ1) is 10.4. The first-order valence-electron chi connectivity index (χ1n) is 6.04. The van der Waals surface area contributed by atoms with Crippen molar-refractivity contribution >= 4 is 28.9 Å². The van der Waals surface area contributed by atoms with Gasteiger partial charge in [0.15, 0.2) is 0 Å².